The van der Waals surface area contributed by atoms with Gasteiger partial charge in [-0.15, -0.1) is 0 Å². The molecule has 0 unspecified atom stereocenters. The van der Waals surface area contributed by atoms with Gasteiger partial charge in [-0.3, -0.25) is 19.5 Å². The van der Waals surface area contributed by atoms with Gasteiger partial charge in [-0.25, -0.2) is 0 Å². The van der Waals surface area contributed by atoms with Crippen molar-refractivity contribution in [1.82, 2.24) is 9.80 Å². The number of carbonyl (C=O) groups excluding carboxylic acids is 2. The van der Waals surface area contributed by atoms with E-state index in [2.05, 4.69) is 24.3 Å². The smallest absolute Gasteiger partial charge is 0.256 e. The number of rotatable bonds is 5. The van der Waals surface area contributed by atoms with Crippen molar-refractivity contribution in [2.75, 3.05) is 19.6 Å². The molecule has 2 amide bonds. The lowest BCUT2D eigenvalue weighted by molar-refractivity contribution is -0.131. The zero-order chi connectivity index (χ0) is 23.3. The molecule has 1 saturated heterocycles. The Hall–Kier alpha value is -2.66. The highest BCUT2D eigenvalue weighted by atomic mass is 35.5. The molecule has 2 saturated carbocycles. The van der Waals surface area contributed by atoms with Gasteiger partial charge in [0.25, 0.3) is 5.91 Å². The van der Waals surface area contributed by atoms with E-state index in [1.807, 2.05) is 34.1 Å². The van der Waals surface area contributed by atoms with Crippen LogP contribution in [0.3, 0.4) is 0 Å². The summed E-state index contributed by atoms with van der Waals surface area (Å²) in [7, 11) is 0. The molecule has 4 aliphatic rings. The van der Waals surface area contributed by atoms with Crippen molar-refractivity contribution in [2.24, 2.45) is 16.8 Å². The third kappa shape index (κ3) is 3.94. The average Bonchev–Trinajstić information content (AvgIpc) is 3.30. The molecule has 2 aliphatic heterocycles. The quantitative estimate of drug-likeness (QED) is 0.599. The fourth-order valence-electron chi connectivity index (χ4n) is 5.82. The average molecular weight is 476 g/mol. The van der Waals surface area contributed by atoms with Crippen LogP contribution in [0.1, 0.15) is 50.5 Å². The van der Waals surface area contributed by atoms with Crippen LogP contribution in [0.5, 0.6) is 0 Å². The molecule has 1 spiro atoms. The van der Waals surface area contributed by atoms with Gasteiger partial charge in [0.1, 0.15) is 11.4 Å². The van der Waals surface area contributed by atoms with Crippen LogP contribution in [-0.4, -0.2) is 52.6 Å². The Bertz CT molecular complexity index is 1130. The Labute approximate surface area is 205 Å². The molecule has 176 valence electrons. The first-order chi connectivity index (χ1) is 16.5. The molecule has 6 heteroatoms. The third-order valence-corrected chi connectivity index (χ3v) is 8.19. The summed E-state index contributed by atoms with van der Waals surface area (Å²) < 4.78 is 0. The summed E-state index contributed by atoms with van der Waals surface area (Å²) in [5, 5.41) is 0.723. The number of hydrogen-bond donors (Lipinski definition) is 0. The number of hydrogen-bond acceptors (Lipinski definition) is 3. The van der Waals surface area contributed by atoms with Crippen LogP contribution in [-0.2, 0) is 9.59 Å². The molecule has 3 fully saturated rings. The van der Waals surface area contributed by atoms with Crippen LogP contribution >= 0.6 is 11.6 Å². The lowest BCUT2D eigenvalue weighted by atomic mass is 9.97. The summed E-state index contributed by atoms with van der Waals surface area (Å²) in [6.45, 7) is 2.22. The summed E-state index contributed by atoms with van der Waals surface area (Å²) in [5.74, 6) is 1.84. The van der Waals surface area contributed by atoms with E-state index >= 15 is 0 Å². The SMILES string of the molecule is O=C(C1CC1)N1CC[C@@H](CN2C(=O)C3(CCCC3)N=C2c2ccc(-c3ccc(Cl)cc3)cc2)C1. The topological polar surface area (TPSA) is 53.0 Å². The van der Waals surface area contributed by atoms with Gasteiger partial charge in [-0.1, -0.05) is 60.8 Å². The van der Waals surface area contributed by atoms with E-state index < -0.39 is 5.54 Å². The van der Waals surface area contributed by atoms with E-state index in [1.54, 1.807) is 0 Å². The van der Waals surface area contributed by atoms with Gasteiger partial charge in [0, 0.05) is 36.1 Å². The van der Waals surface area contributed by atoms with E-state index in [0.717, 1.165) is 85.6 Å². The predicted octanol–water partition coefficient (Wildman–Crippen LogP) is 5.17. The molecule has 2 aromatic rings. The number of nitrogens with zero attached hydrogens (tertiary/aromatic N) is 3. The Kier molecular flexibility index (Phi) is 5.48. The molecule has 2 aliphatic carbocycles. The van der Waals surface area contributed by atoms with Gasteiger partial charge in [0.05, 0.1) is 0 Å². The minimum absolute atomic E-state index is 0.161. The highest BCUT2D eigenvalue weighted by Gasteiger charge is 2.50. The molecular weight excluding hydrogens is 446 g/mol. The second-order valence-corrected chi connectivity index (χ2v) is 10.8. The molecular formula is C28H30ClN3O2. The molecule has 5 nitrogen and oxygen atoms in total. The molecule has 0 bridgehead atoms. The van der Waals surface area contributed by atoms with Crippen LogP contribution in [0.15, 0.2) is 53.5 Å². The minimum Gasteiger partial charge on any atom is -0.342 e. The van der Waals surface area contributed by atoms with E-state index in [0.29, 0.717) is 18.4 Å². The van der Waals surface area contributed by atoms with Crippen molar-refractivity contribution < 1.29 is 9.59 Å². The fraction of sp³-hybridized carbons (Fsp3) is 0.464. The predicted molar refractivity (Wildman–Crippen MR) is 134 cm³/mol. The number of amides is 2. The largest absolute Gasteiger partial charge is 0.342 e. The van der Waals surface area contributed by atoms with E-state index in [-0.39, 0.29) is 11.8 Å². The molecule has 0 N–H and O–H groups in total. The second kappa shape index (κ2) is 8.53. The normalized spacial score (nSPS) is 23.7. The molecule has 1 atom stereocenters. The fourth-order valence-corrected chi connectivity index (χ4v) is 5.94. The first-order valence-electron chi connectivity index (χ1n) is 12.6. The summed E-state index contributed by atoms with van der Waals surface area (Å²) in [6.07, 6.45) is 6.82. The Morgan fingerprint density at radius 3 is 2.21 bits per heavy atom. The maximum Gasteiger partial charge on any atom is 0.256 e. The van der Waals surface area contributed by atoms with Crippen molar-refractivity contribution >= 4 is 29.3 Å². The molecule has 0 aromatic heterocycles. The number of benzene rings is 2. The monoisotopic (exact) mass is 475 g/mol. The molecule has 2 aromatic carbocycles. The first-order valence-corrected chi connectivity index (χ1v) is 13.0. The Balaban J connectivity index is 1.24. The highest BCUT2D eigenvalue weighted by molar-refractivity contribution is 6.30. The Morgan fingerprint density at radius 1 is 0.941 bits per heavy atom. The van der Waals surface area contributed by atoms with Gasteiger partial charge in [0.15, 0.2) is 0 Å². The first kappa shape index (κ1) is 21.8. The molecule has 2 heterocycles. The van der Waals surface area contributed by atoms with Crippen molar-refractivity contribution in [3.8, 4) is 11.1 Å². The molecule has 6 rings (SSSR count). The Morgan fingerprint density at radius 2 is 1.56 bits per heavy atom. The number of halogens is 1. The third-order valence-electron chi connectivity index (χ3n) is 7.94. The van der Waals surface area contributed by atoms with Crippen molar-refractivity contribution in [2.45, 2.75) is 50.5 Å². The number of likely N-dealkylation sites (tertiary alicyclic amines) is 1. The summed E-state index contributed by atoms with van der Waals surface area (Å²) in [4.78, 5) is 35.3. The lowest BCUT2D eigenvalue weighted by Crippen LogP contribution is -2.44. The summed E-state index contributed by atoms with van der Waals surface area (Å²) in [5.41, 5.74) is 2.62. The maximum absolute atomic E-state index is 13.7. The summed E-state index contributed by atoms with van der Waals surface area (Å²) >= 11 is 6.04. The van der Waals surface area contributed by atoms with Gasteiger partial charge in [0.2, 0.25) is 5.91 Å². The van der Waals surface area contributed by atoms with Crippen LogP contribution in [0.4, 0.5) is 0 Å². The highest BCUT2D eigenvalue weighted by Crippen LogP contribution is 2.41. The van der Waals surface area contributed by atoms with Gasteiger partial charge in [-0.05, 0) is 61.3 Å². The van der Waals surface area contributed by atoms with Crippen molar-refractivity contribution in [1.29, 1.82) is 0 Å². The van der Waals surface area contributed by atoms with E-state index in [1.165, 1.54) is 0 Å². The van der Waals surface area contributed by atoms with Crippen molar-refractivity contribution in [3.63, 3.8) is 0 Å². The van der Waals surface area contributed by atoms with Crippen molar-refractivity contribution in [3.05, 3.63) is 59.1 Å². The summed E-state index contributed by atoms with van der Waals surface area (Å²) in [6, 6.07) is 16.2. The standard InChI is InChI=1S/C28H30ClN3O2/c29-24-11-9-21(10-12-24)20-3-5-22(6-4-20)25-30-28(14-1-2-15-28)27(34)32(25)18-19-13-16-31(17-19)26(33)23-7-8-23/h3-6,9-12,19,23H,1-2,7-8,13-18H2/t19-/m1/s1. The lowest BCUT2D eigenvalue weighted by Gasteiger charge is -2.25. The van der Waals surface area contributed by atoms with Crippen LogP contribution in [0, 0.1) is 11.8 Å². The number of amidine groups is 1. The zero-order valence-corrected chi connectivity index (χ0v) is 20.1. The van der Waals surface area contributed by atoms with Gasteiger partial charge >= 0.3 is 0 Å². The maximum atomic E-state index is 13.7. The van der Waals surface area contributed by atoms with E-state index in [4.69, 9.17) is 16.6 Å². The molecule has 0 radical (unpaired) electrons. The number of carbonyl (C=O) groups is 2. The molecule has 34 heavy (non-hydrogen) atoms. The van der Waals surface area contributed by atoms with Crippen LogP contribution in [0.2, 0.25) is 5.02 Å². The second-order valence-electron chi connectivity index (χ2n) is 10.4. The van der Waals surface area contributed by atoms with Gasteiger partial charge < -0.3 is 4.90 Å². The minimum atomic E-state index is -0.577. The van der Waals surface area contributed by atoms with E-state index in [9.17, 15) is 9.59 Å². The van der Waals surface area contributed by atoms with Crippen LogP contribution < -0.4 is 0 Å². The zero-order valence-electron chi connectivity index (χ0n) is 19.4. The van der Waals surface area contributed by atoms with Gasteiger partial charge in [-0.2, -0.15) is 0 Å². The van der Waals surface area contributed by atoms with Crippen LogP contribution in [0.25, 0.3) is 11.1 Å². The number of aliphatic imine (C=N–C) groups is 1.